The minimum atomic E-state index is -0.525. The fourth-order valence-corrected chi connectivity index (χ4v) is 2.74. The second-order valence-corrected chi connectivity index (χ2v) is 5.82. The molecule has 2 N–H and O–H groups in total. The van der Waals surface area contributed by atoms with E-state index in [9.17, 15) is 0 Å². The zero-order valence-electron chi connectivity index (χ0n) is 12.2. The first-order valence-electron chi connectivity index (χ1n) is 7.28. The first-order chi connectivity index (χ1) is 9.04. The van der Waals surface area contributed by atoms with Crippen LogP contribution in [0.25, 0.3) is 0 Å². The molecule has 1 saturated carbocycles. The third kappa shape index (κ3) is 3.34. The van der Waals surface area contributed by atoms with Gasteiger partial charge in [0, 0.05) is 6.61 Å². The van der Waals surface area contributed by atoms with Crippen LogP contribution in [0.4, 0.5) is 0 Å². The lowest BCUT2D eigenvalue weighted by molar-refractivity contribution is -0.0221. The van der Waals surface area contributed by atoms with Crippen molar-refractivity contribution < 1.29 is 9.26 Å². The molecule has 0 amide bonds. The molecule has 0 aliphatic heterocycles. The van der Waals surface area contributed by atoms with Crippen LogP contribution in [0.15, 0.2) is 4.52 Å². The van der Waals surface area contributed by atoms with Crippen LogP contribution in [0.1, 0.15) is 70.6 Å². The summed E-state index contributed by atoms with van der Waals surface area (Å²) in [5, 5.41) is 4.03. The average Bonchev–Trinajstić information content (AvgIpc) is 2.89. The summed E-state index contributed by atoms with van der Waals surface area (Å²) in [6, 6.07) is -0.140. The Morgan fingerprint density at radius 2 is 2.05 bits per heavy atom. The summed E-state index contributed by atoms with van der Waals surface area (Å²) in [7, 11) is 0. The van der Waals surface area contributed by atoms with Crippen molar-refractivity contribution >= 4 is 0 Å². The third-order valence-corrected chi connectivity index (χ3v) is 3.93. The van der Waals surface area contributed by atoms with Gasteiger partial charge in [0.05, 0.1) is 6.04 Å². The van der Waals surface area contributed by atoms with Crippen molar-refractivity contribution in [2.24, 2.45) is 11.7 Å². The van der Waals surface area contributed by atoms with Gasteiger partial charge >= 0.3 is 0 Å². The second kappa shape index (κ2) is 6.01. The molecule has 1 atom stereocenters. The molecule has 5 nitrogen and oxygen atoms in total. The van der Waals surface area contributed by atoms with Gasteiger partial charge in [0.25, 0.3) is 0 Å². The van der Waals surface area contributed by atoms with Gasteiger partial charge in [-0.2, -0.15) is 4.98 Å². The minimum Gasteiger partial charge on any atom is -0.368 e. The van der Waals surface area contributed by atoms with Gasteiger partial charge in [-0.3, -0.25) is 0 Å². The summed E-state index contributed by atoms with van der Waals surface area (Å²) < 4.78 is 11.0. The zero-order chi connectivity index (χ0) is 13.9. The number of hydrogen-bond acceptors (Lipinski definition) is 5. The highest BCUT2D eigenvalue weighted by molar-refractivity contribution is 5.01. The maximum atomic E-state index is 6.26. The molecule has 1 fully saturated rings. The van der Waals surface area contributed by atoms with Crippen LogP contribution < -0.4 is 5.73 Å². The Morgan fingerprint density at radius 1 is 1.37 bits per heavy atom. The fourth-order valence-electron chi connectivity index (χ4n) is 2.74. The molecule has 1 aliphatic rings. The lowest BCUT2D eigenvalue weighted by Gasteiger charge is -2.25. The number of ether oxygens (including phenoxy) is 1. The number of nitrogens with zero attached hydrogens (tertiary/aromatic N) is 2. The highest BCUT2D eigenvalue weighted by Gasteiger charge is 2.31. The van der Waals surface area contributed by atoms with Crippen LogP contribution in [-0.2, 0) is 10.3 Å². The Bertz CT molecular complexity index is 397. The number of nitrogens with two attached hydrogens (primary N) is 1. The summed E-state index contributed by atoms with van der Waals surface area (Å²) in [6.07, 6.45) is 6.14. The smallest absolute Gasteiger partial charge is 0.243 e. The van der Waals surface area contributed by atoms with Crippen molar-refractivity contribution in [3.63, 3.8) is 0 Å². The van der Waals surface area contributed by atoms with E-state index in [0.717, 1.165) is 12.8 Å². The van der Waals surface area contributed by atoms with Crippen molar-refractivity contribution in [3.05, 3.63) is 11.7 Å². The quantitative estimate of drug-likeness (QED) is 0.887. The summed E-state index contributed by atoms with van der Waals surface area (Å²) in [4.78, 5) is 4.45. The maximum Gasteiger partial charge on any atom is 0.243 e. The van der Waals surface area contributed by atoms with E-state index in [1.807, 2.05) is 20.8 Å². The highest BCUT2D eigenvalue weighted by atomic mass is 16.5. The van der Waals surface area contributed by atoms with Gasteiger partial charge in [-0.25, -0.2) is 0 Å². The molecule has 19 heavy (non-hydrogen) atoms. The summed E-state index contributed by atoms with van der Waals surface area (Å²) in [5.41, 5.74) is 5.74. The molecule has 1 aromatic rings. The summed E-state index contributed by atoms with van der Waals surface area (Å²) in [5.74, 6) is 1.60. The van der Waals surface area contributed by atoms with Crippen LogP contribution in [0.3, 0.4) is 0 Å². The van der Waals surface area contributed by atoms with Gasteiger partial charge in [0.1, 0.15) is 5.60 Å². The Balaban J connectivity index is 2.07. The third-order valence-electron chi connectivity index (χ3n) is 3.93. The molecule has 0 radical (unpaired) electrons. The molecule has 0 aromatic carbocycles. The van der Waals surface area contributed by atoms with Gasteiger partial charge in [0.2, 0.25) is 11.7 Å². The SMILES string of the molecule is CCOC(C)(C)c1noc(C(N)C2CCCCC2)n1. The van der Waals surface area contributed by atoms with Crippen molar-refractivity contribution in [1.82, 2.24) is 10.1 Å². The van der Waals surface area contributed by atoms with Gasteiger partial charge in [-0.1, -0.05) is 24.4 Å². The van der Waals surface area contributed by atoms with E-state index in [-0.39, 0.29) is 6.04 Å². The van der Waals surface area contributed by atoms with E-state index in [1.165, 1.54) is 19.3 Å². The Hall–Kier alpha value is -0.940. The number of aromatic nitrogens is 2. The molecule has 1 heterocycles. The number of hydrogen-bond donors (Lipinski definition) is 1. The Labute approximate surface area is 114 Å². The standard InChI is InChI=1S/C14H25N3O2/c1-4-18-14(2,3)13-16-12(19-17-13)11(15)10-8-6-5-7-9-10/h10-11H,4-9,15H2,1-3H3. The first kappa shape index (κ1) is 14.5. The fraction of sp³-hybridized carbons (Fsp3) is 0.857. The molecule has 0 spiro atoms. The summed E-state index contributed by atoms with van der Waals surface area (Å²) in [6.45, 7) is 6.45. The average molecular weight is 267 g/mol. The predicted molar refractivity (Wildman–Crippen MR) is 72.5 cm³/mol. The van der Waals surface area contributed by atoms with Gasteiger partial charge < -0.3 is 15.0 Å². The number of rotatable bonds is 5. The molecule has 2 rings (SSSR count). The van der Waals surface area contributed by atoms with E-state index in [4.69, 9.17) is 15.0 Å². The van der Waals surface area contributed by atoms with E-state index in [2.05, 4.69) is 10.1 Å². The lowest BCUT2D eigenvalue weighted by atomic mass is 9.84. The van der Waals surface area contributed by atoms with Crippen LogP contribution in [0, 0.1) is 5.92 Å². The highest BCUT2D eigenvalue weighted by Crippen LogP contribution is 2.33. The molecular weight excluding hydrogens is 242 g/mol. The molecule has 1 aromatic heterocycles. The Morgan fingerprint density at radius 3 is 2.68 bits per heavy atom. The minimum absolute atomic E-state index is 0.140. The van der Waals surface area contributed by atoms with E-state index in [0.29, 0.717) is 24.2 Å². The topological polar surface area (TPSA) is 74.2 Å². The molecule has 1 aliphatic carbocycles. The Kier molecular flexibility index (Phi) is 4.58. The van der Waals surface area contributed by atoms with Gasteiger partial charge in [-0.15, -0.1) is 0 Å². The van der Waals surface area contributed by atoms with Crippen molar-refractivity contribution in [1.29, 1.82) is 0 Å². The molecule has 0 saturated heterocycles. The van der Waals surface area contributed by atoms with E-state index >= 15 is 0 Å². The van der Waals surface area contributed by atoms with E-state index in [1.54, 1.807) is 0 Å². The van der Waals surface area contributed by atoms with Crippen molar-refractivity contribution in [2.45, 2.75) is 64.5 Å². The predicted octanol–water partition coefficient (Wildman–Crippen LogP) is 2.92. The van der Waals surface area contributed by atoms with Gasteiger partial charge in [-0.05, 0) is 39.5 Å². The zero-order valence-corrected chi connectivity index (χ0v) is 12.2. The van der Waals surface area contributed by atoms with Crippen LogP contribution in [0.5, 0.6) is 0 Å². The monoisotopic (exact) mass is 267 g/mol. The van der Waals surface area contributed by atoms with Crippen LogP contribution in [0.2, 0.25) is 0 Å². The van der Waals surface area contributed by atoms with E-state index < -0.39 is 5.60 Å². The van der Waals surface area contributed by atoms with Crippen LogP contribution in [-0.4, -0.2) is 16.7 Å². The molecular formula is C14H25N3O2. The molecule has 0 bridgehead atoms. The summed E-state index contributed by atoms with van der Waals surface area (Å²) >= 11 is 0. The molecule has 108 valence electrons. The molecule has 1 unspecified atom stereocenters. The normalized spacial score (nSPS) is 19.6. The maximum absolute atomic E-state index is 6.26. The lowest BCUT2D eigenvalue weighted by Crippen LogP contribution is -2.25. The van der Waals surface area contributed by atoms with Crippen LogP contribution >= 0.6 is 0 Å². The first-order valence-corrected chi connectivity index (χ1v) is 7.28. The van der Waals surface area contributed by atoms with Gasteiger partial charge in [0.15, 0.2) is 0 Å². The van der Waals surface area contributed by atoms with Crippen molar-refractivity contribution in [3.8, 4) is 0 Å². The largest absolute Gasteiger partial charge is 0.368 e. The van der Waals surface area contributed by atoms with Crippen molar-refractivity contribution in [2.75, 3.05) is 6.61 Å². The second-order valence-electron chi connectivity index (χ2n) is 5.82. The molecule has 5 heteroatoms.